The van der Waals surface area contributed by atoms with Gasteiger partial charge in [-0.3, -0.25) is 14.5 Å². The molecule has 1 aromatic heterocycles. The highest BCUT2D eigenvalue weighted by atomic mass is 79.9. The summed E-state index contributed by atoms with van der Waals surface area (Å²) < 4.78 is 2.15. The zero-order chi connectivity index (χ0) is 11.5. The van der Waals surface area contributed by atoms with Crippen LogP contribution in [-0.4, -0.2) is 23.3 Å². The largest absolute Gasteiger partial charge is 1.00 e. The lowest BCUT2D eigenvalue weighted by Crippen LogP contribution is -3.00. The number of amides is 2. The van der Waals surface area contributed by atoms with Crippen LogP contribution in [0.25, 0.3) is 0 Å². The van der Waals surface area contributed by atoms with Gasteiger partial charge in [0.25, 0.3) is 0 Å². The molecule has 0 aliphatic carbocycles. The molecule has 0 unspecified atom stereocenters. The van der Waals surface area contributed by atoms with Crippen LogP contribution in [-0.2, 0) is 16.1 Å². The van der Waals surface area contributed by atoms with Crippen molar-refractivity contribution < 1.29 is 31.1 Å². The van der Waals surface area contributed by atoms with Crippen molar-refractivity contribution in [2.75, 3.05) is 6.54 Å². The Kier molecular flexibility index (Phi) is 5.27. The smallest absolute Gasteiger partial charge is 0.234 e. The van der Waals surface area contributed by atoms with E-state index in [2.05, 4.69) is 11.5 Å². The molecule has 2 heterocycles. The molecule has 6 heteroatoms. The fourth-order valence-corrected chi connectivity index (χ4v) is 2.57. The molecule has 0 N–H and O–H groups in total. The maximum Gasteiger partial charge on any atom is 0.234 e. The topological polar surface area (TPSA) is 41.3 Å². The lowest BCUT2D eigenvalue weighted by molar-refractivity contribution is -0.698. The zero-order valence-corrected chi connectivity index (χ0v) is 12.1. The number of aromatic nitrogens is 1. The fourth-order valence-electron chi connectivity index (χ4n) is 1.88. The minimum Gasteiger partial charge on any atom is -1.00 e. The Balaban J connectivity index is 0.00000144. The normalized spacial score (nSPS) is 15.2. The number of carbonyl (C=O) groups excluding carboxylic acids is 2. The van der Waals surface area contributed by atoms with Crippen molar-refractivity contribution in [2.45, 2.75) is 32.7 Å². The summed E-state index contributed by atoms with van der Waals surface area (Å²) in [6.07, 6.45) is 3.65. The van der Waals surface area contributed by atoms with Crippen LogP contribution in [0.4, 0.5) is 0 Å². The van der Waals surface area contributed by atoms with Crippen LogP contribution in [0.1, 0.15) is 24.3 Å². The molecule has 1 aliphatic heterocycles. The maximum atomic E-state index is 11.3. The van der Waals surface area contributed by atoms with E-state index in [4.69, 9.17) is 0 Å². The zero-order valence-electron chi connectivity index (χ0n) is 9.69. The second kappa shape index (κ2) is 6.26. The molecule has 1 aromatic rings. The van der Waals surface area contributed by atoms with Gasteiger partial charge in [0.1, 0.15) is 0 Å². The Morgan fingerprint density at radius 1 is 1.35 bits per heavy atom. The minimum atomic E-state index is -0.0166. The number of aryl methyl sites for hydroxylation is 2. The third-order valence-electron chi connectivity index (χ3n) is 2.82. The molecule has 0 aromatic carbocycles. The molecule has 0 saturated carbocycles. The third kappa shape index (κ3) is 3.35. The van der Waals surface area contributed by atoms with Crippen LogP contribution in [0.5, 0.6) is 0 Å². The van der Waals surface area contributed by atoms with E-state index in [0.717, 1.165) is 13.0 Å². The summed E-state index contributed by atoms with van der Waals surface area (Å²) in [7, 11) is 0. The number of carbonyl (C=O) groups is 2. The van der Waals surface area contributed by atoms with Gasteiger partial charge >= 0.3 is 0 Å². The van der Waals surface area contributed by atoms with E-state index in [-0.39, 0.29) is 28.8 Å². The van der Waals surface area contributed by atoms with Gasteiger partial charge < -0.3 is 17.0 Å². The van der Waals surface area contributed by atoms with Crippen molar-refractivity contribution in [2.24, 2.45) is 0 Å². The molecule has 1 saturated heterocycles. The molecule has 0 radical (unpaired) electrons. The van der Waals surface area contributed by atoms with Gasteiger partial charge in [-0.25, -0.2) is 0 Å². The summed E-state index contributed by atoms with van der Waals surface area (Å²) in [5, 5.41) is 3.29. The van der Waals surface area contributed by atoms with Crippen molar-refractivity contribution in [1.82, 2.24) is 4.90 Å². The molecule has 94 valence electrons. The standard InChI is InChI=1S/C11H15N2O2S.BrH/c1-9-12(7-8-16-9)5-2-6-13-10(14)3-4-11(13)15;/h7-8H,2-6H2,1H3;1H/q+1;/p-1. The van der Waals surface area contributed by atoms with Gasteiger partial charge in [-0.15, -0.1) is 0 Å². The monoisotopic (exact) mass is 318 g/mol. The SMILES string of the molecule is Cc1scc[n+]1CCCN1C(=O)CCC1=O.[Br-]. The number of thiazole rings is 1. The van der Waals surface area contributed by atoms with Crippen molar-refractivity contribution in [3.63, 3.8) is 0 Å². The molecule has 0 spiro atoms. The maximum absolute atomic E-state index is 11.3. The molecule has 1 fully saturated rings. The first-order chi connectivity index (χ1) is 7.68. The highest BCUT2D eigenvalue weighted by molar-refractivity contribution is 7.09. The van der Waals surface area contributed by atoms with Crippen LogP contribution in [0.15, 0.2) is 11.6 Å². The summed E-state index contributed by atoms with van der Waals surface area (Å²) in [5.74, 6) is -0.0333. The highest BCUT2D eigenvalue weighted by Crippen LogP contribution is 2.11. The van der Waals surface area contributed by atoms with Crippen molar-refractivity contribution >= 4 is 23.2 Å². The Hall–Kier alpha value is -0.750. The number of hydrogen-bond acceptors (Lipinski definition) is 3. The highest BCUT2D eigenvalue weighted by Gasteiger charge is 2.28. The summed E-state index contributed by atoms with van der Waals surface area (Å²) in [6.45, 7) is 3.49. The molecular weight excluding hydrogens is 304 g/mol. The molecular formula is C11H15BrN2O2S. The van der Waals surface area contributed by atoms with Crippen LogP contribution in [0, 0.1) is 6.92 Å². The minimum absolute atomic E-state index is 0. The average Bonchev–Trinajstić information content (AvgIpc) is 2.79. The molecule has 0 bridgehead atoms. The number of imide groups is 1. The summed E-state index contributed by atoms with van der Waals surface area (Å²) in [4.78, 5) is 24.1. The van der Waals surface area contributed by atoms with Gasteiger partial charge in [0.05, 0.1) is 5.38 Å². The average molecular weight is 319 g/mol. The second-order valence-corrected chi connectivity index (χ2v) is 5.01. The van der Waals surface area contributed by atoms with E-state index < -0.39 is 0 Å². The van der Waals surface area contributed by atoms with Crippen LogP contribution in [0.3, 0.4) is 0 Å². The predicted octanol–water partition coefficient (Wildman–Crippen LogP) is -2.11. The van der Waals surface area contributed by atoms with Crippen molar-refractivity contribution in [3.8, 4) is 0 Å². The molecule has 2 rings (SSSR count). The summed E-state index contributed by atoms with van der Waals surface area (Å²) >= 11 is 1.70. The third-order valence-corrected chi connectivity index (χ3v) is 3.65. The number of halogens is 1. The molecule has 1 aliphatic rings. The molecule has 0 atom stereocenters. The van der Waals surface area contributed by atoms with E-state index in [1.807, 2.05) is 11.6 Å². The Labute approximate surface area is 115 Å². The molecule has 17 heavy (non-hydrogen) atoms. The van der Waals surface area contributed by atoms with E-state index in [1.165, 1.54) is 9.91 Å². The van der Waals surface area contributed by atoms with Gasteiger partial charge in [-0.2, -0.15) is 4.57 Å². The van der Waals surface area contributed by atoms with E-state index in [1.54, 1.807) is 11.3 Å². The fraction of sp³-hybridized carbons (Fsp3) is 0.545. The first-order valence-corrected chi connectivity index (χ1v) is 6.33. The molecule has 4 nitrogen and oxygen atoms in total. The van der Waals surface area contributed by atoms with E-state index in [9.17, 15) is 9.59 Å². The predicted molar refractivity (Wildman–Crippen MR) is 59.8 cm³/mol. The van der Waals surface area contributed by atoms with Crippen LogP contribution >= 0.6 is 11.3 Å². The Morgan fingerprint density at radius 3 is 2.53 bits per heavy atom. The van der Waals surface area contributed by atoms with Gasteiger partial charge in [0.15, 0.2) is 12.7 Å². The van der Waals surface area contributed by atoms with E-state index >= 15 is 0 Å². The van der Waals surface area contributed by atoms with E-state index in [0.29, 0.717) is 19.4 Å². The van der Waals surface area contributed by atoms with Gasteiger partial charge in [-0.05, 0) is 0 Å². The second-order valence-electron chi connectivity index (χ2n) is 3.91. The number of likely N-dealkylation sites (tertiary alicyclic amines) is 1. The molecule has 2 amide bonds. The van der Waals surface area contributed by atoms with Gasteiger partial charge in [-0.1, -0.05) is 11.3 Å². The number of nitrogens with zero attached hydrogens (tertiary/aromatic N) is 2. The van der Waals surface area contributed by atoms with Crippen LogP contribution in [0.2, 0.25) is 0 Å². The van der Waals surface area contributed by atoms with Gasteiger partial charge in [0.2, 0.25) is 16.8 Å². The Bertz CT molecular complexity index is 403. The number of rotatable bonds is 4. The lowest BCUT2D eigenvalue weighted by atomic mass is 10.4. The first kappa shape index (κ1) is 14.3. The van der Waals surface area contributed by atoms with Crippen molar-refractivity contribution in [1.29, 1.82) is 0 Å². The summed E-state index contributed by atoms with van der Waals surface area (Å²) in [5.41, 5.74) is 0. The first-order valence-electron chi connectivity index (χ1n) is 5.45. The number of hydrogen-bond donors (Lipinski definition) is 0. The van der Waals surface area contributed by atoms with Gasteiger partial charge in [0, 0.05) is 32.7 Å². The quantitative estimate of drug-likeness (QED) is 0.471. The summed E-state index contributed by atoms with van der Waals surface area (Å²) in [6, 6.07) is 0. The Morgan fingerprint density at radius 2 is 2.00 bits per heavy atom. The van der Waals surface area contributed by atoms with Crippen molar-refractivity contribution in [3.05, 3.63) is 16.6 Å². The van der Waals surface area contributed by atoms with Crippen LogP contribution < -0.4 is 21.5 Å². The lowest BCUT2D eigenvalue weighted by Gasteiger charge is -2.11.